The summed E-state index contributed by atoms with van der Waals surface area (Å²) >= 11 is 0. The number of nitrogens with zero attached hydrogens (tertiary/aromatic N) is 2. The minimum Gasteiger partial charge on any atom is -0.508 e. The SMILES string of the molecule is CCN(Cc1ccc(O)cc1)C[C@@H]1CCCN(CCc2cccc(F)c2)C1. The van der Waals surface area contributed by atoms with Gasteiger partial charge in [-0.25, -0.2) is 4.39 Å². The van der Waals surface area contributed by atoms with Crippen LogP contribution < -0.4 is 0 Å². The van der Waals surface area contributed by atoms with Crippen LogP contribution in [0.5, 0.6) is 5.75 Å². The van der Waals surface area contributed by atoms with E-state index >= 15 is 0 Å². The molecule has 3 nitrogen and oxygen atoms in total. The lowest BCUT2D eigenvalue weighted by molar-refractivity contribution is 0.133. The van der Waals surface area contributed by atoms with Gasteiger partial charge in [0.05, 0.1) is 0 Å². The van der Waals surface area contributed by atoms with Gasteiger partial charge in [-0.1, -0.05) is 31.2 Å². The summed E-state index contributed by atoms with van der Waals surface area (Å²) in [4.78, 5) is 5.03. The smallest absolute Gasteiger partial charge is 0.123 e. The van der Waals surface area contributed by atoms with Gasteiger partial charge in [-0.05, 0) is 73.7 Å². The minimum absolute atomic E-state index is 0.142. The second-order valence-corrected chi connectivity index (χ2v) is 7.68. The molecule has 0 radical (unpaired) electrons. The summed E-state index contributed by atoms with van der Waals surface area (Å²) in [5, 5.41) is 9.45. The summed E-state index contributed by atoms with van der Waals surface area (Å²) in [6.07, 6.45) is 3.43. The highest BCUT2D eigenvalue weighted by atomic mass is 19.1. The van der Waals surface area contributed by atoms with E-state index in [9.17, 15) is 9.50 Å². The molecule has 2 aromatic carbocycles. The molecule has 0 aromatic heterocycles. The lowest BCUT2D eigenvalue weighted by atomic mass is 9.96. The van der Waals surface area contributed by atoms with E-state index < -0.39 is 0 Å². The van der Waals surface area contributed by atoms with Gasteiger partial charge in [-0.15, -0.1) is 0 Å². The number of phenols is 1. The maximum absolute atomic E-state index is 13.3. The molecule has 1 aliphatic rings. The molecule has 1 N–H and O–H groups in total. The van der Waals surface area contributed by atoms with Crippen molar-refractivity contribution in [3.63, 3.8) is 0 Å². The zero-order valence-electron chi connectivity index (χ0n) is 16.3. The third-order valence-corrected chi connectivity index (χ3v) is 5.51. The molecule has 1 fully saturated rings. The highest BCUT2D eigenvalue weighted by molar-refractivity contribution is 5.25. The number of rotatable bonds is 8. The Morgan fingerprint density at radius 3 is 2.70 bits per heavy atom. The van der Waals surface area contributed by atoms with Crippen molar-refractivity contribution in [2.75, 3.05) is 32.7 Å². The molecule has 0 amide bonds. The first kappa shape index (κ1) is 19.8. The summed E-state index contributed by atoms with van der Waals surface area (Å²) in [6, 6.07) is 14.5. The predicted molar refractivity (Wildman–Crippen MR) is 108 cm³/mol. The molecule has 4 heteroatoms. The maximum atomic E-state index is 13.3. The molecule has 27 heavy (non-hydrogen) atoms. The maximum Gasteiger partial charge on any atom is 0.123 e. The fourth-order valence-electron chi connectivity index (χ4n) is 4.01. The van der Waals surface area contributed by atoms with Crippen LogP contribution in [0.15, 0.2) is 48.5 Å². The number of hydrogen-bond donors (Lipinski definition) is 1. The molecule has 1 heterocycles. The first-order chi connectivity index (χ1) is 13.1. The van der Waals surface area contributed by atoms with Crippen LogP contribution >= 0.6 is 0 Å². The first-order valence-corrected chi connectivity index (χ1v) is 10.1. The van der Waals surface area contributed by atoms with Gasteiger partial charge in [0.1, 0.15) is 11.6 Å². The number of likely N-dealkylation sites (tertiary alicyclic amines) is 1. The number of hydrogen-bond acceptors (Lipinski definition) is 3. The largest absolute Gasteiger partial charge is 0.508 e. The van der Waals surface area contributed by atoms with E-state index in [1.807, 2.05) is 18.2 Å². The van der Waals surface area contributed by atoms with Crippen LogP contribution in [0.1, 0.15) is 30.9 Å². The van der Waals surface area contributed by atoms with Gasteiger partial charge in [-0.2, -0.15) is 0 Å². The minimum atomic E-state index is -0.142. The molecular weight excluding hydrogens is 339 g/mol. The third-order valence-electron chi connectivity index (χ3n) is 5.51. The average Bonchev–Trinajstić information content (AvgIpc) is 2.68. The van der Waals surface area contributed by atoms with Gasteiger partial charge in [0.15, 0.2) is 0 Å². The number of phenolic OH excluding ortho intramolecular Hbond substituents is 1. The summed E-state index contributed by atoms with van der Waals surface area (Å²) < 4.78 is 13.3. The van der Waals surface area contributed by atoms with Gasteiger partial charge in [0.25, 0.3) is 0 Å². The Balaban J connectivity index is 1.48. The molecule has 0 bridgehead atoms. The lowest BCUT2D eigenvalue weighted by Gasteiger charge is -2.35. The Kier molecular flexibility index (Phi) is 7.25. The van der Waals surface area contributed by atoms with Crippen LogP contribution in [-0.2, 0) is 13.0 Å². The van der Waals surface area contributed by atoms with Crippen LogP contribution in [0, 0.1) is 11.7 Å². The van der Waals surface area contributed by atoms with Gasteiger partial charge in [0.2, 0.25) is 0 Å². The fourth-order valence-corrected chi connectivity index (χ4v) is 4.01. The molecule has 2 aromatic rings. The van der Waals surface area contributed by atoms with Crippen molar-refractivity contribution in [2.45, 2.75) is 32.7 Å². The molecule has 3 rings (SSSR count). The second kappa shape index (κ2) is 9.86. The fraction of sp³-hybridized carbons (Fsp3) is 0.478. The lowest BCUT2D eigenvalue weighted by Crippen LogP contribution is -2.41. The van der Waals surface area contributed by atoms with Crippen molar-refractivity contribution < 1.29 is 9.50 Å². The van der Waals surface area contributed by atoms with Crippen LogP contribution in [0.4, 0.5) is 4.39 Å². The van der Waals surface area contributed by atoms with Crippen molar-refractivity contribution >= 4 is 0 Å². The van der Waals surface area contributed by atoms with E-state index in [-0.39, 0.29) is 5.82 Å². The van der Waals surface area contributed by atoms with Crippen molar-refractivity contribution in [1.82, 2.24) is 9.80 Å². The monoisotopic (exact) mass is 370 g/mol. The Morgan fingerprint density at radius 1 is 1.15 bits per heavy atom. The zero-order chi connectivity index (χ0) is 19.1. The van der Waals surface area contributed by atoms with Gasteiger partial charge in [-0.3, -0.25) is 4.90 Å². The van der Waals surface area contributed by atoms with E-state index in [1.54, 1.807) is 24.3 Å². The standard InChI is InChI=1S/C23H31FN2O/c1-2-25(16-20-8-10-23(27)11-9-20)17-21-6-4-13-26(18-21)14-12-19-5-3-7-22(24)15-19/h3,5,7-11,15,21,27H,2,4,6,12-14,16-18H2,1H3/t21-/m0/s1. The summed E-state index contributed by atoms with van der Waals surface area (Å²) in [6.45, 7) is 8.55. The number of piperidine rings is 1. The molecular formula is C23H31FN2O. The summed E-state index contributed by atoms with van der Waals surface area (Å²) in [5.74, 6) is 0.864. The Morgan fingerprint density at radius 2 is 1.96 bits per heavy atom. The first-order valence-electron chi connectivity index (χ1n) is 10.1. The van der Waals surface area contributed by atoms with E-state index in [4.69, 9.17) is 0 Å². The molecule has 0 saturated carbocycles. The topological polar surface area (TPSA) is 26.7 Å². The van der Waals surface area contributed by atoms with Crippen molar-refractivity contribution in [2.24, 2.45) is 5.92 Å². The molecule has 0 unspecified atom stereocenters. The zero-order valence-corrected chi connectivity index (χ0v) is 16.3. The van der Waals surface area contributed by atoms with Gasteiger partial charge >= 0.3 is 0 Å². The van der Waals surface area contributed by atoms with Crippen molar-refractivity contribution in [3.8, 4) is 5.75 Å². The number of benzene rings is 2. The Hall–Kier alpha value is -1.91. The van der Waals surface area contributed by atoms with E-state index in [1.165, 1.54) is 24.5 Å². The van der Waals surface area contributed by atoms with Crippen LogP contribution in [0.25, 0.3) is 0 Å². The number of halogens is 1. The van der Waals surface area contributed by atoms with Gasteiger partial charge < -0.3 is 10.0 Å². The normalized spacial score (nSPS) is 18.1. The summed E-state index contributed by atoms with van der Waals surface area (Å²) in [7, 11) is 0. The van der Waals surface area contributed by atoms with E-state index in [0.29, 0.717) is 11.7 Å². The average molecular weight is 371 g/mol. The van der Waals surface area contributed by atoms with E-state index in [2.05, 4.69) is 16.7 Å². The highest BCUT2D eigenvalue weighted by Gasteiger charge is 2.21. The second-order valence-electron chi connectivity index (χ2n) is 7.68. The molecule has 1 atom stereocenters. The van der Waals surface area contributed by atoms with Gasteiger partial charge in [0, 0.05) is 26.2 Å². The van der Waals surface area contributed by atoms with Crippen LogP contribution in [-0.4, -0.2) is 47.6 Å². The highest BCUT2D eigenvalue weighted by Crippen LogP contribution is 2.20. The number of aromatic hydroxyl groups is 1. The van der Waals surface area contributed by atoms with E-state index in [0.717, 1.165) is 51.3 Å². The van der Waals surface area contributed by atoms with Crippen LogP contribution in [0.3, 0.4) is 0 Å². The quantitative estimate of drug-likeness (QED) is 0.750. The van der Waals surface area contributed by atoms with Crippen molar-refractivity contribution in [1.29, 1.82) is 0 Å². The molecule has 1 aliphatic heterocycles. The van der Waals surface area contributed by atoms with Crippen LogP contribution in [0.2, 0.25) is 0 Å². The molecule has 1 saturated heterocycles. The molecule has 0 spiro atoms. The molecule has 146 valence electrons. The summed E-state index contributed by atoms with van der Waals surface area (Å²) in [5.41, 5.74) is 2.33. The van der Waals surface area contributed by atoms with Crippen molar-refractivity contribution in [3.05, 3.63) is 65.5 Å². The Bertz CT molecular complexity index is 704. The molecule has 0 aliphatic carbocycles. The third kappa shape index (κ3) is 6.33. The predicted octanol–water partition coefficient (Wildman–Crippen LogP) is 4.31. The Labute approximate surface area is 162 Å².